The van der Waals surface area contributed by atoms with Gasteiger partial charge >= 0.3 is 5.97 Å². The minimum Gasteiger partial charge on any atom is -0.480 e. The number of nitrogens with one attached hydrogen (secondary N) is 1. The summed E-state index contributed by atoms with van der Waals surface area (Å²) in [5, 5.41) is 11.6. The molecule has 2 rings (SSSR count). The van der Waals surface area contributed by atoms with E-state index in [1.165, 1.54) is 0 Å². The Bertz CT molecular complexity index is 879. The number of aliphatic carboxylic acids is 1. The van der Waals surface area contributed by atoms with Gasteiger partial charge in [0.25, 0.3) is 0 Å². The van der Waals surface area contributed by atoms with E-state index in [9.17, 15) is 24.3 Å². The maximum atomic E-state index is 12.6. The van der Waals surface area contributed by atoms with Crippen LogP contribution >= 0.6 is 0 Å². The molecule has 28 heavy (non-hydrogen) atoms. The zero-order valence-corrected chi connectivity index (χ0v) is 15.4. The normalized spacial score (nSPS) is 12.6. The van der Waals surface area contributed by atoms with Gasteiger partial charge in [-0.1, -0.05) is 48.5 Å². The quantitative estimate of drug-likeness (QED) is 0.571. The van der Waals surface area contributed by atoms with Crippen LogP contribution in [-0.4, -0.2) is 34.7 Å². The number of carboxylic acid groups (broad SMARTS) is 1. The van der Waals surface area contributed by atoms with Gasteiger partial charge in [0.1, 0.15) is 6.04 Å². The van der Waals surface area contributed by atoms with E-state index in [2.05, 4.69) is 5.32 Å². The third kappa shape index (κ3) is 5.51. The first-order valence-electron chi connectivity index (χ1n) is 8.80. The van der Waals surface area contributed by atoms with Crippen LogP contribution in [0.5, 0.6) is 0 Å². The van der Waals surface area contributed by atoms with Gasteiger partial charge < -0.3 is 16.2 Å². The average Bonchev–Trinajstić information content (AvgIpc) is 2.70. The van der Waals surface area contributed by atoms with E-state index in [0.29, 0.717) is 16.7 Å². The minimum absolute atomic E-state index is 0.0876. The summed E-state index contributed by atoms with van der Waals surface area (Å²) < 4.78 is 0. The van der Waals surface area contributed by atoms with Gasteiger partial charge in [-0.3, -0.25) is 14.4 Å². The number of benzene rings is 2. The first kappa shape index (κ1) is 20.8. The van der Waals surface area contributed by atoms with E-state index in [-0.39, 0.29) is 18.6 Å². The molecule has 0 saturated heterocycles. The lowest BCUT2D eigenvalue weighted by atomic mass is 9.95. The van der Waals surface area contributed by atoms with Gasteiger partial charge in [-0.25, -0.2) is 4.79 Å². The van der Waals surface area contributed by atoms with E-state index in [0.717, 1.165) is 0 Å². The maximum absolute atomic E-state index is 12.6. The topological polar surface area (TPSA) is 127 Å². The molecule has 0 fully saturated rings. The minimum atomic E-state index is -1.24. The molecule has 0 radical (unpaired) electrons. The summed E-state index contributed by atoms with van der Waals surface area (Å²) in [6, 6.07) is 14.2. The van der Waals surface area contributed by atoms with Crippen LogP contribution in [0.25, 0.3) is 0 Å². The molecular weight excluding hydrogens is 360 g/mol. The number of ketones is 1. The molecule has 0 heterocycles. The first-order valence-corrected chi connectivity index (χ1v) is 8.80. The van der Waals surface area contributed by atoms with Crippen molar-refractivity contribution in [3.63, 3.8) is 0 Å². The van der Waals surface area contributed by atoms with E-state index in [4.69, 9.17) is 5.73 Å². The summed E-state index contributed by atoms with van der Waals surface area (Å²) in [5.74, 6) is -3.24. The van der Waals surface area contributed by atoms with Gasteiger partial charge in [0, 0.05) is 17.5 Å². The number of carboxylic acids is 1. The zero-order valence-electron chi connectivity index (χ0n) is 15.4. The Hall–Kier alpha value is -3.48. The van der Waals surface area contributed by atoms with Gasteiger partial charge in [-0.15, -0.1) is 0 Å². The SMILES string of the molecule is CC(C(=O)N[C@@H](CCC(N)=O)C(=O)O)c1cccc(C(=O)c2ccccc2)c1. The third-order valence-corrected chi connectivity index (χ3v) is 4.37. The summed E-state index contributed by atoms with van der Waals surface area (Å²) in [6.07, 6.45) is -0.234. The molecule has 2 atom stereocenters. The Morgan fingerprint density at radius 2 is 1.64 bits per heavy atom. The summed E-state index contributed by atoms with van der Waals surface area (Å²) in [6.45, 7) is 1.62. The number of carbonyl (C=O) groups excluding carboxylic acids is 3. The van der Waals surface area contributed by atoms with Gasteiger partial charge in [-0.05, 0) is 25.0 Å². The lowest BCUT2D eigenvalue weighted by molar-refractivity contribution is -0.142. The van der Waals surface area contributed by atoms with Crippen molar-refractivity contribution in [1.29, 1.82) is 0 Å². The van der Waals surface area contributed by atoms with Crippen LogP contribution in [0, 0.1) is 0 Å². The molecule has 0 aliphatic heterocycles. The van der Waals surface area contributed by atoms with Crippen molar-refractivity contribution < 1.29 is 24.3 Å². The van der Waals surface area contributed by atoms with Gasteiger partial charge in [0.2, 0.25) is 11.8 Å². The van der Waals surface area contributed by atoms with Crippen LogP contribution < -0.4 is 11.1 Å². The summed E-state index contributed by atoms with van der Waals surface area (Å²) in [4.78, 5) is 47.2. The van der Waals surface area contributed by atoms with Crippen molar-refractivity contribution in [2.45, 2.75) is 31.7 Å². The van der Waals surface area contributed by atoms with Crippen molar-refractivity contribution in [3.8, 4) is 0 Å². The number of rotatable bonds is 9. The number of carbonyl (C=O) groups is 4. The number of nitrogens with two attached hydrogens (primary N) is 1. The number of hydrogen-bond donors (Lipinski definition) is 3. The monoisotopic (exact) mass is 382 g/mol. The van der Waals surface area contributed by atoms with Crippen LogP contribution in [0.1, 0.15) is 47.2 Å². The third-order valence-electron chi connectivity index (χ3n) is 4.37. The first-order chi connectivity index (χ1) is 13.3. The Morgan fingerprint density at radius 1 is 1.00 bits per heavy atom. The van der Waals surface area contributed by atoms with Crippen LogP contribution in [0.2, 0.25) is 0 Å². The van der Waals surface area contributed by atoms with Crippen molar-refractivity contribution in [2.75, 3.05) is 0 Å². The van der Waals surface area contributed by atoms with Crippen LogP contribution in [0.3, 0.4) is 0 Å². The van der Waals surface area contributed by atoms with Crippen molar-refractivity contribution in [3.05, 3.63) is 71.3 Å². The maximum Gasteiger partial charge on any atom is 0.326 e. The van der Waals surface area contributed by atoms with Gasteiger partial charge in [0.05, 0.1) is 5.92 Å². The molecule has 0 spiro atoms. The molecule has 1 unspecified atom stereocenters. The number of amides is 2. The Labute approximate surface area is 162 Å². The second-order valence-electron chi connectivity index (χ2n) is 6.45. The molecule has 7 nitrogen and oxygen atoms in total. The van der Waals surface area contributed by atoms with Crippen molar-refractivity contribution in [1.82, 2.24) is 5.32 Å². The Kier molecular flexibility index (Phi) is 7.03. The van der Waals surface area contributed by atoms with Crippen LogP contribution in [0.15, 0.2) is 54.6 Å². The van der Waals surface area contributed by atoms with Gasteiger partial charge in [-0.2, -0.15) is 0 Å². The molecular formula is C21H22N2O5. The molecule has 4 N–H and O–H groups in total. The lowest BCUT2D eigenvalue weighted by Crippen LogP contribution is -2.43. The predicted molar refractivity (Wildman–Crippen MR) is 103 cm³/mol. The predicted octanol–water partition coefficient (Wildman–Crippen LogP) is 1.86. The zero-order chi connectivity index (χ0) is 20.7. The smallest absolute Gasteiger partial charge is 0.326 e. The highest BCUT2D eigenvalue weighted by molar-refractivity contribution is 6.09. The average molecular weight is 382 g/mol. The van der Waals surface area contributed by atoms with E-state index in [1.54, 1.807) is 55.5 Å². The Morgan fingerprint density at radius 3 is 2.25 bits per heavy atom. The molecule has 0 aromatic heterocycles. The summed E-state index contributed by atoms with van der Waals surface area (Å²) >= 11 is 0. The summed E-state index contributed by atoms with van der Waals surface area (Å²) in [5.41, 5.74) is 6.59. The fourth-order valence-electron chi connectivity index (χ4n) is 2.70. The van der Waals surface area contributed by atoms with Gasteiger partial charge in [0.15, 0.2) is 5.78 Å². The van der Waals surface area contributed by atoms with Crippen LogP contribution in [-0.2, 0) is 14.4 Å². The van der Waals surface area contributed by atoms with Crippen LogP contribution in [0.4, 0.5) is 0 Å². The lowest BCUT2D eigenvalue weighted by Gasteiger charge is -2.18. The molecule has 0 aliphatic carbocycles. The van der Waals surface area contributed by atoms with E-state index < -0.39 is 29.7 Å². The molecule has 0 bridgehead atoms. The number of hydrogen-bond acceptors (Lipinski definition) is 4. The fourth-order valence-corrected chi connectivity index (χ4v) is 2.70. The molecule has 146 valence electrons. The second kappa shape index (κ2) is 9.45. The molecule has 0 saturated carbocycles. The second-order valence-corrected chi connectivity index (χ2v) is 6.45. The highest BCUT2D eigenvalue weighted by Gasteiger charge is 2.24. The van der Waals surface area contributed by atoms with Crippen molar-refractivity contribution >= 4 is 23.6 Å². The standard InChI is InChI=1S/C21H22N2O5/c1-13(20(26)23-17(21(27)28)10-11-18(22)24)15-8-5-9-16(12-15)19(25)14-6-3-2-4-7-14/h2-9,12-13,17H,10-11H2,1H3,(H2,22,24)(H,23,26)(H,27,28)/t13?,17-/m0/s1. The molecule has 0 aliphatic rings. The summed E-state index contributed by atoms with van der Waals surface area (Å²) in [7, 11) is 0. The largest absolute Gasteiger partial charge is 0.480 e. The van der Waals surface area contributed by atoms with E-state index >= 15 is 0 Å². The van der Waals surface area contributed by atoms with E-state index in [1.807, 2.05) is 6.07 Å². The number of primary amides is 1. The molecule has 2 aromatic rings. The highest BCUT2D eigenvalue weighted by atomic mass is 16.4. The highest BCUT2D eigenvalue weighted by Crippen LogP contribution is 2.19. The van der Waals surface area contributed by atoms with Crippen molar-refractivity contribution in [2.24, 2.45) is 5.73 Å². The molecule has 2 amide bonds. The fraction of sp³-hybridized carbons (Fsp3) is 0.238. The molecule has 7 heteroatoms. The Balaban J connectivity index is 2.13. The molecule has 2 aromatic carbocycles.